The Labute approximate surface area is 123 Å². The topological polar surface area (TPSA) is 47.9 Å². The van der Waals surface area contributed by atoms with Crippen molar-refractivity contribution in [1.29, 1.82) is 0 Å². The molecule has 1 heterocycles. The predicted octanol–water partition coefficient (Wildman–Crippen LogP) is 2.71. The lowest BCUT2D eigenvalue weighted by Crippen LogP contribution is -2.16. The minimum Gasteiger partial charge on any atom is -0.486 e. The van der Waals surface area contributed by atoms with Crippen LogP contribution in [0.15, 0.2) is 48.5 Å². The van der Waals surface area contributed by atoms with Crippen LogP contribution in [0.25, 0.3) is 0 Å². The molecule has 0 amide bonds. The van der Waals surface area contributed by atoms with Gasteiger partial charge in [-0.1, -0.05) is 36.4 Å². The molecule has 0 bridgehead atoms. The highest BCUT2D eigenvalue weighted by Crippen LogP contribution is 2.32. The van der Waals surface area contributed by atoms with Gasteiger partial charge in [-0.15, -0.1) is 0 Å². The Bertz CT molecular complexity index is 583. The zero-order chi connectivity index (χ0) is 14.5. The van der Waals surface area contributed by atoms with Crippen molar-refractivity contribution in [2.75, 3.05) is 19.8 Å². The van der Waals surface area contributed by atoms with Crippen molar-refractivity contribution in [3.63, 3.8) is 0 Å². The van der Waals surface area contributed by atoms with E-state index in [2.05, 4.69) is 0 Å². The third kappa shape index (κ3) is 3.54. The van der Waals surface area contributed by atoms with Crippen molar-refractivity contribution in [2.45, 2.75) is 12.7 Å². The molecule has 1 atom stereocenters. The molecule has 2 aromatic carbocycles. The molecule has 3 rings (SSSR count). The molecule has 4 heteroatoms. The normalized spacial score (nSPS) is 14.7. The Hall–Kier alpha value is -2.04. The van der Waals surface area contributed by atoms with E-state index < -0.39 is 6.10 Å². The highest BCUT2D eigenvalue weighted by Gasteiger charge is 2.15. The lowest BCUT2D eigenvalue weighted by molar-refractivity contribution is 0.0274. The molecule has 0 spiro atoms. The van der Waals surface area contributed by atoms with E-state index in [1.165, 1.54) is 0 Å². The maximum atomic E-state index is 10.2. The van der Waals surface area contributed by atoms with Crippen LogP contribution >= 0.6 is 0 Å². The van der Waals surface area contributed by atoms with Gasteiger partial charge in [-0.3, -0.25) is 0 Å². The van der Waals surface area contributed by atoms with Gasteiger partial charge in [0.15, 0.2) is 11.5 Å². The van der Waals surface area contributed by atoms with Gasteiger partial charge in [0.1, 0.15) is 19.3 Å². The number of rotatable bonds is 5. The molecule has 0 radical (unpaired) electrons. The third-order valence-corrected chi connectivity index (χ3v) is 3.34. The molecule has 0 saturated heterocycles. The second kappa shape index (κ2) is 6.61. The molecule has 1 aliphatic rings. The van der Waals surface area contributed by atoms with Gasteiger partial charge in [0, 0.05) is 0 Å². The van der Waals surface area contributed by atoms with Gasteiger partial charge >= 0.3 is 0 Å². The van der Waals surface area contributed by atoms with Crippen molar-refractivity contribution in [3.05, 3.63) is 59.7 Å². The van der Waals surface area contributed by atoms with E-state index in [-0.39, 0.29) is 6.61 Å². The van der Waals surface area contributed by atoms with Crippen LogP contribution in [-0.4, -0.2) is 24.9 Å². The first-order chi connectivity index (χ1) is 10.3. The fourth-order valence-electron chi connectivity index (χ4n) is 2.23. The maximum Gasteiger partial charge on any atom is 0.161 e. The molecule has 0 aliphatic carbocycles. The second-order valence-corrected chi connectivity index (χ2v) is 4.92. The number of hydrogen-bond acceptors (Lipinski definition) is 4. The summed E-state index contributed by atoms with van der Waals surface area (Å²) in [5, 5.41) is 10.2. The van der Waals surface area contributed by atoms with E-state index in [1.807, 2.05) is 48.5 Å². The SMILES string of the molecule is OC(COCc1ccccc1)c1ccc2c(c1)OCCO2. The maximum absolute atomic E-state index is 10.2. The first-order valence-electron chi connectivity index (χ1n) is 7.02. The largest absolute Gasteiger partial charge is 0.486 e. The monoisotopic (exact) mass is 286 g/mol. The Kier molecular flexibility index (Phi) is 4.38. The summed E-state index contributed by atoms with van der Waals surface area (Å²) < 4.78 is 16.5. The molecule has 4 nitrogen and oxygen atoms in total. The molecule has 0 saturated carbocycles. The van der Waals surface area contributed by atoms with Crippen LogP contribution in [0.3, 0.4) is 0 Å². The Morgan fingerprint density at radius 1 is 1.00 bits per heavy atom. The summed E-state index contributed by atoms with van der Waals surface area (Å²) in [6.07, 6.45) is -0.676. The van der Waals surface area contributed by atoms with Crippen LogP contribution < -0.4 is 9.47 Å². The Morgan fingerprint density at radius 3 is 2.57 bits per heavy atom. The van der Waals surface area contributed by atoms with Crippen LogP contribution in [0.4, 0.5) is 0 Å². The predicted molar refractivity (Wildman–Crippen MR) is 78.5 cm³/mol. The first kappa shape index (κ1) is 13.9. The van der Waals surface area contributed by atoms with Crippen LogP contribution in [-0.2, 0) is 11.3 Å². The first-order valence-corrected chi connectivity index (χ1v) is 7.02. The zero-order valence-electron chi connectivity index (χ0n) is 11.7. The van der Waals surface area contributed by atoms with Crippen molar-refractivity contribution in [2.24, 2.45) is 0 Å². The number of hydrogen-bond donors (Lipinski definition) is 1. The van der Waals surface area contributed by atoms with Crippen molar-refractivity contribution in [3.8, 4) is 11.5 Å². The molecule has 1 aliphatic heterocycles. The van der Waals surface area contributed by atoms with Crippen molar-refractivity contribution < 1.29 is 19.3 Å². The highest BCUT2D eigenvalue weighted by atomic mass is 16.6. The highest BCUT2D eigenvalue weighted by molar-refractivity contribution is 5.44. The van der Waals surface area contributed by atoms with Crippen LogP contribution in [0, 0.1) is 0 Å². The standard InChI is InChI=1S/C17H18O4/c18-15(12-19-11-13-4-2-1-3-5-13)14-6-7-16-17(10-14)21-9-8-20-16/h1-7,10,15,18H,8-9,11-12H2. The number of aliphatic hydroxyl groups excluding tert-OH is 1. The smallest absolute Gasteiger partial charge is 0.161 e. The molecular weight excluding hydrogens is 268 g/mol. The average molecular weight is 286 g/mol. The molecule has 0 fully saturated rings. The van der Waals surface area contributed by atoms with Crippen LogP contribution in [0.5, 0.6) is 11.5 Å². The van der Waals surface area contributed by atoms with E-state index in [0.717, 1.165) is 16.9 Å². The molecule has 1 unspecified atom stereocenters. The third-order valence-electron chi connectivity index (χ3n) is 3.34. The summed E-state index contributed by atoms with van der Waals surface area (Å²) >= 11 is 0. The quantitative estimate of drug-likeness (QED) is 0.918. The van der Waals surface area contributed by atoms with E-state index >= 15 is 0 Å². The minimum absolute atomic E-state index is 0.245. The van der Waals surface area contributed by atoms with Gasteiger partial charge in [0.05, 0.1) is 13.2 Å². The van der Waals surface area contributed by atoms with Gasteiger partial charge in [-0.2, -0.15) is 0 Å². The fourth-order valence-corrected chi connectivity index (χ4v) is 2.23. The van der Waals surface area contributed by atoms with Crippen molar-refractivity contribution >= 4 is 0 Å². The number of benzene rings is 2. The molecule has 1 N–H and O–H groups in total. The van der Waals surface area contributed by atoms with E-state index in [0.29, 0.717) is 25.6 Å². The number of ether oxygens (including phenoxy) is 3. The fraction of sp³-hybridized carbons (Fsp3) is 0.294. The summed E-state index contributed by atoms with van der Waals surface area (Å²) in [5.74, 6) is 1.41. The summed E-state index contributed by atoms with van der Waals surface area (Å²) in [6, 6.07) is 15.4. The van der Waals surface area contributed by atoms with Crippen molar-refractivity contribution in [1.82, 2.24) is 0 Å². The molecule has 21 heavy (non-hydrogen) atoms. The molecule has 2 aromatic rings. The lowest BCUT2D eigenvalue weighted by Gasteiger charge is -2.20. The summed E-state index contributed by atoms with van der Waals surface area (Å²) in [6.45, 7) is 1.84. The summed E-state index contributed by atoms with van der Waals surface area (Å²) in [5.41, 5.74) is 1.86. The lowest BCUT2D eigenvalue weighted by atomic mass is 10.1. The number of aliphatic hydroxyl groups is 1. The van der Waals surface area contributed by atoms with Gasteiger partial charge in [-0.25, -0.2) is 0 Å². The van der Waals surface area contributed by atoms with Gasteiger partial charge in [0.2, 0.25) is 0 Å². The molecular formula is C17H18O4. The Balaban J connectivity index is 1.56. The van der Waals surface area contributed by atoms with E-state index in [4.69, 9.17) is 14.2 Å². The van der Waals surface area contributed by atoms with Gasteiger partial charge < -0.3 is 19.3 Å². The molecule has 110 valence electrons. The second-order valence-electron chi connectivity index (χ2n) is 4.92. The number of fused-ring (bicyclic) bond motifs is 1. The summed E-state index contributed by atoms with van der Waals surface area (Å²) in [7, 11) is 0. The average Bonchev–Trinajstić information content (AvgIpc) is 2.55. The minimum atomic E-state index is -0.676. The van der Waals surface area contributed by atoms with Crippen LogP contribution in [0.1, 0.15) is 17.2 Å². The van der Waals surface area contributed by atoms with Gasteiger partial charge in [0.25, 0.3) is 0 Å². The zero-order valence-corrected chi connectivity index (χ0v) is 11.7. The van der Waals surface area contributed by atoms with Crippen LogP contribution in [0.2, 0.25) is 0 Å². The summed E-state index contributed by atoms with van der Waals surface area (Å²) in [4.78, 5) is 0. The Morgan fingerprint density at radius 2 is 1.76 bits per heavy atom. The van der Waals surface area contributed by atoms with E-state index in [9.17, 15) is 5.11 Å². The van der Waals surface area contributed by atoms with Gasteiger partial charge in [-0.05, 0) is 23.3 Å². The van der Waals surface area contributed by atoms with E-state index in [1.54, 1.807) is 0 Å². The molecule has 0 aromatic heterocycles.